The van der Waals surface area contributed by atoms with Crippen molar-refractivity contribution in [2.24, 2.45) is 0 Å². The number of halogens is 3. The summed E-state index contributed by atoms with van der Waals surface area (Å²) >= 11 is 0. The lowest BCUT2D eigenvalue weighted by atomic mass is 10.2. The van der Waals surface area contributed by atoms with Crippen LogP contribution >= 0.6 is 0 Å². The Morgan fingerprint density at radius 1 is 1.21 bits per heavy atom. The SMILES string of the molecule is CN(CCO)CCn1ccc2cc(F)c(F)c(F)c21. The summed E-state index contributed by atoms with van der Waals surface area (Å²) in [6, 6.07) is 2.54. The second-order valence-electron chi connectivity index (χ2n) is 4.46. The first-order valence-corrected chi connectivity index (χ1v) is 5.96. The largest absolute Gasteiger partial charge is 0.395 e. The third-order valence-corrected chi connectivity index (χ3v) is 3.09. The molecule has 0 unspecified atom stereocenters. The van der Waals surface area contributed by atoms with Gasteiger partial charge in [-0.1, -0.05) is 0 Å². The third-order valence-electron chi connectivity index (χ3n) is 3.09. The van der Waals surface area contributed by atoms with Crippen molar-refractivity contribution in [3.05, 3.63) is 35.8 Å². The van der Waals surface area contributed by atoms with Crippen molar-refractivity contribution in [3.63, 3.8) is 0 Å². The van der Waals surface area contributed by atoms with Gasteiger partial charge in [-0.15, -0.1) is 0 Å². The van der Waals surface area contributed by atoms with E-state index in [1.54, 1.807) is 16.8 Å². The van der Waals surface area contributed by atoms with E-state index in [-0.39, 0.29) is 12.1 Å². The zero-order valence-corrected chi connectivity index (χ0v) is 10.5. The fraction of sp³-hybridized carbons (Fsp3) is 0.385. The van der Waals surface area contributed by atoms with Gasteiger partial charge in [-0.05, 0) is 19.2 Å². The van der Waals surface area contributed by atoms with Crippen LogP contribution in [0.4, 0.5) is 13.2 Å². The van der Waals surface area contributed by atoms with E-state index in [1.807, 2.05) is 11.9 Å². The van der Waals surface area contributed by atoms with Gasteiger partial charge in [-0.3, -0.25) is 0 Å². The molecule has 2 rings (SSSR count). The highest BCUT2D eigenvalue weighted by Crippen LogP contribution is 2.24. The van der Waals surface area contributed by atoms with E-state index < -0.39 is 17.5 Å². The molecule has 1 heterocycles. The molecule has 0 fully saturated rings. The number of fused-ring (bicyclic) bond motifs is 1. The van der Waals surface area contributed by atoms with E-state index in [0.717, 1.165) is 6.07 Å². The Kier molecular flexibility index (Phi) is 4.11. The summed E-state index contributed by atoms with van der Waals surface area (Å²) in [6.07, 6.45) is 1.60. The maximum atomic E-state index is 13.7. The van der Waals surface area contributed by atoms with Gasteiger partial charge in [0.2, 0.25) is 0 Å². The maximum Gasteiger partial charge on any atom is 0.196 e. The highest BCUT2D eigenvalue weighted by Gasteiger charge is 2.16. The molecule has 3 nitrogen and oxygen atoms in total. The molecule has 0 atom stereocenters. The molecule has 1 aromatic heterocycles. The van der Waals surface area contributed by atoms with Crippen molar-refractivity contribution in [1.82, 2.24) is 9.47 Å². The molecular formula is C13H15F3N2O. The number of benzene rings is 1. The molecular weight excluding hydrogens is 257 g/mol. The van der Waals surface area contributed by atoms with E-state index in [2.05, 4.69) is 0 Å². The Labute approximate surface area is 108 Å². The minimum absolute atomic E-state index is 0.0388. The lowest BCUT2D eigenvalue weighted by molar-refractivity contribution is 0.217. The Hall–Kier alpha value is -1.53. The molecule has 0 amide bonds. The van der Waals surface area contributed by atoms with Crippen LogP contribution in [0.5, 0.6) is 0 Å². The number of rotatable bonds is 5. The van der Waals surface area contributed by atoms with Crippen molar-refractivity contribution >= 4 is 10.9 Å². The molecule has 0 spiro atoms. The molecule has 0 radical (unpaired) electrons. The first kappa shape index (κ1) is 13.9. The number of aliphatic hydroxyl groups excluding tert-OH is 1. The van der Waals surface area contributed by atoms with Gasteiger partial charge in [0, 0.05) is 31.2 Å². The minimum Gasteiger partial charge on any atom is -0.395 e. The van der Waals surface area contributed by atoms with Gasteiger partial charge >= 0.3 is 0 Å². The third kappa shape index (κ3) is 2.74. The molecule has 19 heavy (non-hydrogen) atoms. The second kappa shape index (κ2) is 5.63. The van der Waals surface area contributed by atoms with Gasteiger partial charge in [-0.25, -0.2) is 13.2 Å². The number of hydrogen-bond donors (Lipinski definition) is 1. The van der Waals surface area contributed by atoms with Crippen LogP contribution in [-0.2, 0) is 6.54 Å². The standard InChI is InChI=1S/C13H15F3N2O/c1-17(6-7-19)4-5-18-3-2-9-8-10(14)11(15)12(16)13(9)18/h2-3,8,19H,4-7H2,1H3. The molecule has 0 saturated heterocycles. The molecule has 0 aliphatic carbocycles. The highest BCUT2D eigenvalue weighted by atomic mass is 19.2. The summed E-state index contributed by atoms with van der Waals surface area (Å²) in [5.41, 5.74) is 0.0660. The Morgan fingerprint density at radius 2 is 1.95 bits per heavy atom. The lowest BCUT2D eigenvalue weighted by Gasteiger charge is -2.16. The van der Waals surface area contributed by atoms with E-state index >= 15 is 0 Å². The number of hydrogen-bond acceptors (Lipinski definition) is 2. The molecule has 1 N–H and O–H groups in total. The second-order valence-corrected chi connectivity index (χ2v) is 4.46. The predicted octanol–water partition coefficient (Wildman–Crippen LogP) is 1.98. The zero-order valence-electron chi connectivity index (χ0n) is 10.5. The summed E-state index contributed by atoms with van der Waals surface area (Å²) in [5.74, 6) is -3.79. The molecule has 0 aliphatic heterocycles. The quantitative estimate of drug-likeness (QED) is 0.843. The monoisotopic (exact) mass is 272 g/mol. The normalized spacial score (nSPS) is 11.7. The fourth-order valence-corrected chi connectivity index (χ4v) is 2.01. The van der Waals surface area contributed by atoms with Gasteiger partial charge in [-0.2, -0.15) is 0 Å². The first-order valence-electron chi connectivity index (χ1n) is 5.96. The summed E-state index contributed by atoms with van der Waals surface area (Å²) < 4.78 is 41.6. The van der Waals surface area contributed by atoms with Crippen LogP contribution in [0.15, 0.2) is 18.3 Å². The Bertz CT molecular complexity index is 583. The number of aromatic nitrogens is 1. The molecule has 104 valence electrons. The van der Waals surface area contributed by atoms with Crippen LogP contribution < -0.4 is 0 Å². The van der Waals surface area contributed by atoms with Crippen molar-refractivity contribution < 1.29 is 18.3 Å². The Morgan fingerprint density at radius 3 is 2.63 bits per heavy atom. The molecule has 2 aromatic rings. The summed E-state index contributed by atoms with van der Waals surface area (Å²) in [6.45, 7) is 1.55. The minimum atomic E-state index is -1.45. The first-order chi connectivity index (χ1) is 9.04. The predicted molar refractivity (Wildman–Crippen MR) is 66.4 cm³/mol. The number of nitrogens with zero attached hydrogens (tertiary/aromatic N) is 2. The van der Waals surface area contributed by atoms with Crippen LogP contribution in [0, 0.1) is 17.5 Å². The number of likely N-dealkylation sites (N-methyl/N-ethyl adjacent to an activating group) is 1. The summed E-state index contributed by atoms with van der Waals surface area (Å²) in [7, 11) is 1.82. The van der Waals surface area contributed by atoms with E-state index in [4.69, 9.17) is 5.11 Å². The van der Waals surface area contributed by atoms with Crippen LogP contribution in [0.3, 0.4) is 0 Å². The van der Waals surface area contributed by atoms with Gasteiger partial charge in [0.25, 0.3) is 0 Å². The van der Waals surface area contributed by atoms with Crippen molar-refractivity contribution in [2.75, 3.05) is 26.7 Å². The van der Waals surface area contributed by atoms with Crippen LogP contribution in [0.2, 0.25) is 0 Å². The average molecular weight is 272 g/mol. The average Bonchev–Trinajstić information content (AvgIpc) is 2.77. The van der Waals surface area contributed by atoms with Gasteiger partial charge in [0.05, 0.1) is 12.1 Å². The molecule has 1 aromatic carbocycles. The fourth-order valence-electron chi connectivity index (χ4n) is 2.01. The molecule has 0 saturated carbocycles. The number of aliphatic hydroxyl groups is 1. The smallest absolute Gasteiger partial charge is 0.196 e. The molecule has 0 aliphatic rings. The maximum absolute atomic E-state index is 13.7. The van der Waals surface area contributed by atoms with Gasteiger partial charge < -0.3 is 14.6 Å². The lowest BCUT2D eigenvalue weighted by Crippen LogP contribution is -2.26. The molecule has 6 heteroatoms. The van der Waals surface area contributed by atoms with E-state index in [0.29, 0.717) is 25.0 Å². The highest BCUT2D eigenvalue weighted by molar-refractivity contribution is 5.81. The summed E-state index contributed by atoms with van der Waals surface area (Å²) in [5, 5.41) is 9.11. The van der Waals surface area contributed by atoms with Crippen LogP contribution in [-0.4, -0.2) is 41.3 Å². The van der Waals surface area contributed by atoms with Crippen molar-refractivity contribution in [1.29, 1.82) is 0 Å². The molecule has 0 bridgehead atoms. The zero-order chi connectivity index (χ0) is 14.0. The van der Waals surface area contributed by atoms with Gasteiger partial charge in [0.15, 0.2) is 17.5 Å². The topological polar surface area (TPSA) is 28.4 Å². The van der Waals surface area contributed by atoms with Crippen molar-refractivity contribution in [3.8, 4) is 0 Å². The Balaban J connectivity index is 2.27. The van der Waals surface area contributed by atoms with E-state index in [1.165, 1.54) is 0 Å². The van der Waals surface area contributed by atoms with E-state index in [9.17, 15) is 13.2 Å². The van der Waals surface area contributed by atoms with Crippen molar-refractivity contribution in [2.45, 2.75) is 6.54 Å². The summed E-state index contributed by atoms with van der Waals surface area (Å²) in [4.78, 5) is 1.86. The van der Waals surface area contributed by atoms with Gasteiger partial charge in [0.1, 0.15) is 0 Å². The van der Waals surface area contributed by atoms with Crippen LogP contribution in [0.25, 0.3) is 10.9 Å². The van der Waals surface area contributed by atoms with Crippen LogP contribution in [0.1, 0.15) is 0 Å².